The van der Waals surface area contributed by atoms with Gasteiger partial charge in [-0.2, -0.15) is 0 Å². The standard InChI is InChI=1S/C9H9ClN2O/c1-6-11-8-4-7(10)2-3-9(8)12(6)5-13/h2-4,13H,5H2,1H3. The van der Waals surface area contributed by atoms with E-state index in [0.29, 0.717) is 5.02 Å². The highest BCUT2D eigenvalue weighted by Crippen LogP contribution is 2.19. The highest BCUT2D eigenvalue weighted by molar-refractivity contribution is 6.31. The highest BCUT2D eigenvalue weighted by atomic mass is 35.5. The zero-order valence-electron chi connectivity index (χ0n) is 7.16. The van der Waals surface area contributed by atoms with Gasteiger partial charge in [-0.05, 0) is 25.1 Å². The predicted octanol–water partition coefficient (Wildman–Crippen LogP) is 1.95. The van der Waals surface area contributed by atoms with E-state index < -0.39 is 0 Å². The molecule has 0 aliphatic heterocycles. The molecule has 2 aromatic rings. The molecule has 0 bridgehead atoms. The summed E-state index contributed by atoms with van der Waals surface area (Å²) in [5.74, 6) is 0.791. The molecule has 3 nitrogen and oxygen atoms in total. The summed E-state index contributed by atoms with van der Waals surface area (Å²) in [4.78, 5) is 4.26. The van der Waals surface area contributed by atoms with Crippen molar-refractivity contribution in [3.05, 3.63) is 29.0 Å². The number of hydrogen-bond donors (Lipinski definition) is 1. The van der Waals surface area contributed by atoms with Gasteiger partial charge in [-0.3, -0.25) is 0 Å². The minimum absolute atomic E-state index is 0.0516. The third kappa shape index (κ3) is 1.30. The number of imidazole rings is 1. The summed E-state index contributed by atoms with van der Waals surface area (Å²) in [6, 6.07) is 5.43. The van der Waals surface area contributed by atoms with Gasteiger partial charge in [-0.25, -0.2) is 4.98 Å². The Hall–Kier alpha value is -1.06. The van der Waals surface area contributed by atoms with Gasteiger partial charge in [0.25, 0.3) is 0 Å². The van der Waals surface area contributed by atoms with Gasteiger partial charge in [0.1, 0.15) is 12.6 Å². The molecule has 1 aromatic heterocycles. The van der Waals surface area contributed by atoms with Gasteiger partial charge in [0.2, 0.25) is 0 Å². The third-order valence-corrected chi connectivity index (χ3v) is 2.28. The maximum absolute atomic E-state index is 9.06. The number of aliphatic hydroxyl groups is 1. The molecule has 13 heavy (non-hydrogen) atoms. The summed E-state index contributed by atoms with van der Waals surface area (Å²) in [5.41, 5.74) is 1.73. The Morgan fingerprint density at radius 2 is 2.31 bits per heavy atom. The zero-order valence-corrected chi connectivity index (χ0v) is 7.91. The van der Waals surface area contributed by atoms with Crippen molar-refractivity contribution >= 4 is 22.6 Å². The zero-order chi connectivity index (χ0) is 9.42. The van der Waals surface area contributed by atoms with E-state index in [1.807, 2.05) is 13.0 Å². The van der Waals surface area contributed by atoms with Gasteiger partial charge in [-0.1, -0.05) is 11.6 Å². The molecular formula is C9H9ClN2O. The summed E-state index contributed by atoms with van der Waals surface area (Å²) in [5, 5.41) is 9.73. The molecule has 2 rings (SSSR count). The van der Waals surface area contributed by atoms with Crippen molar-refractivity contribution in [3.8, 4) is 0 Å². The molecule has 1 N–H and O–H groups in total. The summed E-state index contributed by atoms with van der Waals surface area (Å²) in [7, 11) is 0. The highest BCUT2D eigenvalue weighted by Gasteiger charge is 2.05. The predicted molar refractivity (Wildman–Crippen MR) is 51.7 cm³/mol. The lowest BCUT2D eigenvalue weighted by atomic mass is 10.3. The first kappa shape index (κ1) is 8.53. The van der Waals surface area contributed by atoms with Crippen molar-refractivity contribution in [1.29, 1.82) is 0 Å². The average Bonchev–Trinajstić information content (AvgIpc) is 2.39. The molecule has 0 aliphatic rings. The van der Waals surface area contributed by atoms with Crippen molar-refractivity contribution in [2.24, 2.45) is 0 Å². The quantitative estimate of drug-likeness (QED) is 0.757. The molecule has 1 heterocycles. The summed E-state index contributed by atoms with van der Waals surface area (Å²) >= 11 is 5.81. The molecule has 0 radical (unpaired) electrons. The van der Waals surface area contributed by atoms with Crippen LogP contribution < -0.4 is 0 Å². The van der Waals surface area contributed by atoms with Gasteiger partial charge < -0.3 is 9.67 Å². The Labute approximate surface area is 80.6 Å². The number of aryl methyl sites for hydroxylation is 1. The molecule has 0 aliphatic carbocycles. The molecule has 0 unspecified atom stereocenters. The van der Waals surface area contributed by atoms with Crippen LogP contribution in [-0.4, -0.2) is 14.7 Å². The van der Waals surface area contributed by atoms with Crippen LogP contribution in [0.5, 0.6) is 0 Å². The third-order valence-electron chi connectivity index (χ3n) is 2.04. The second-order valence-corrected chi connectivity index (χ2v) is 3.30. The topological polar surface area (TPSA) is 38.0 Å². The molecule has 0 saturated carbocycles. The molecule has 0 fully saturated rings. The van der Waals surface area contributed by atoms with Gasteiger partial charge >= 0.3 is 0 Å². The normalized spacial score (nSPS) is 11.0. The largest absolute Gasteiger partial charge is 0.376 e. The fraction of sp³-hybridized carbons (Fsp3) is 0.222. The van der Waals surface area contributed by atoms with E-state index in [4.69, 9.17) is 16.7 Å². The lowest BCUT2D eigenvalue weighted by Crippen LogP contribution is -1.98. The lowest BCUT2D eigenvalue weighted by molar-refractivity contribution is 0.212. The summed E-state index contributed by atoms with van der Waals surface area (Å²) in [6.45, 7) is 1.80. The number of rotatable bonds is 1. The summed E-state index contributed by atoms with van der Waals surface area (Å²) < 4.78 is 1.73. The van der Waals surface area contributed by atoms with E-state index in [1.165, 1.54) is 0 Å². The Balaban J connectivity index is 2.79. The van der Waals surface area contributed by atoms with E-state index in [-0.39, 0.29) is 6.73 Å². The number of halogens is 1. The number of fused-ring (bicyclic) bond motifs is 1. The maximum Gasteiger partial charge on any atom is 0.121 e. The first-order valence-corrected chi connectivity index (χ1v) is 4.33. The van der Waals surface area contributed by atoms with E-state index >= 15 is 0 Å². The maximum atomic E-state index is 9.06. The Kier molecular flexibility index (Phi) is 1.98. The minimum Gasteiger partial charge on any atom is -0.376 e. The SMILES string of the molecule is Cc1nc2cc(Cl)ccc2n1CO. The molecule has 0 spiro atoms. The number of hydrogen-bond acceptors (Lipinski definition) is 2. The lowest BCUT2D eigenvalue weighted by Gasteiger charge is -1.99. The number of aromatic nitrogens is 2. The van der Waals surface area contributed by atoms with Crippen LogP contribution >= 0.6 is 11.6 Å². The van der Waals surface area contributed by atoms with Crippen LogP contribution in [0.4, 0.5) is 0 Å². The second-order valence-electron chi connectivity index (χ2n) is 2.86. The van der Waals surface area contributed by atoms with Gasteiger partial charge in [0.15, 0.2) is 0 Å². The minimum atomic E-state index is -0.0516. The van der Waals surface area contributed by atoms with Gasteiger partial charge in [0, 0.05) is 5.02 Å². The number of nitrogens with zero attached hydrogens (tertiary/aromatic N) is 2. The van der Waals surface area contributed by atoms with E-state index in [0.717, 1.165) is 16.9 Å². The number of benzene rings is 1. The van der Waals surface area contributed by atoms with Crippen molar-refractivity contribution in [3.63, 3.8) is 0 Å². The van der Waals surface area contributed by atoms with E-state index in [1.54, 1.807) is 16.7 Å². The van der Waals surface area contributed by atoms with Crippen molar-refractivity contribution in [2.45, 2.75) is 13.7 Å². The van der Waals surface area contributed by atoms with Crippen molar-refractivity contribution < 1.29 is 5.11 Å². The van der Waals surface area contributed by atoms with E-state index in [9.17, 15) is 0 Å². The summed E-state index contributed by atoms with van der Waals surface area (Å²) in [6.07, 6.45) is 0. The second kappa shape index (κ2) is 3.01. The molecule has 1 aromatic carbocycles. The molecule has 68 valence electrons. The molecule has 0 amide bonds. The first-order valence-electron chi connectivity index (χ1n) is 3.95. The Morgan fingerprint density at radius 3 is 3.00 bits per heavy atom. The fourth-order valence-corrected chi connectivity index (χ4v) is 1.57. The smallest absolute Gasteiger partial charge is 0.121 e. The van der Waals surface area contributed by atoms with E-state index in [2.05, 4.69) is 4.98 Å². The van der Waals surface area contributed by atoms with Crippen LogP contribution in [0.3, 0.4) is 0 Å². The van der Waals surface area contributed by atoms with Crippen LogP contribution in [0.25, 0.3) is 11.0 Å². The molecule has 4 heteroatoms. The van der Waals surface area contributed by atoms with Crippen LogP contribution in [0.15, 0.2) is 18.2 Å². The van der Waals surface area contributed by atoms with Crippen LogP contribution in [0, 0.1) is 6.92 Å². The molecule has 0 saturated heterocycles. The molecule has 0 atom stereocenters. The number of aliphatic hydroxyl groups excluding tert-OH is 1. The first-order chi connectivity index (χ1) is 6.22. The molecular weight excluding hydrogens is 188 g/mol. The van der Waals surface area contributed by atoms with Crippen LogP contribution in [-0.2, 0) is 6.73 Å². The van der Waals surface area contributed by atoms with Gasteiger partial charge in [-0.15, -0.1) is 0 Å². The Morgan fingerprint density at radius 1 is 1.54 bits per heavy atom. The van der Waals surface area contributed by atoms with Crippen molar-refractivity contribution in [1.82, 2.24) is 9.55 Å². The van der Waals surface area contributed by atoms with Gasteiger partial charge in [0.05, 0.1) is 11.0 Å². The Bertz CT molecular complexity index is 450. The van der Waals surface area contributed by atoms with Crippen molar-refractivity contribution in [2.75, 3.05) is 0 Å². The average molecular weight is 197 g/mol. The monoisotopic (exact) mass is 196 g/mol. The van der Waals surface area contributed by atoms with Crippen LogP contribution in [0.1, 0.15) is 5.82 Å². The fourth-order valence-electron chi connectivity index (χ4n) is 1.40. The van der Waals surface area contributed by atoms with Crippen LogP contribution in [0.2, 0.25) is 5.02 Å².